The monoisotopic (exact) mass is 291 g/mol. The lowest BCUT2D eigenvalue weighted by Gasteiger charge is -2.27. The Hall–Kier alpha value is -2.25. The topological polar surface area (TPSA) is 93.6 Å². The fourth-order valence-corrected chi connectivity index (χ4v) is 2.36. The van der Waals surface area contributed by atoms with Gasteiger partial charge >= 0.3 is 5.97 Å². The molecule has 20 heavy (non-hydrogen) atoms. The molecule has 0 fully saturated rings. The third-order valence-electron chi connectivity index (χ3n) is 2.73. The Morgan fingerprint density at radius 2 is 1.95 bits per heavy atom. The van der Waals surface area contributed by atoms with Crippen LogP contribution in [-0.4, -0.2) is 24.8 Å². The number of aromatic nitrogens is 1. The Morgan fingerprint density at radius 1 is 1.30 bits per heavy atom. The number of anilines is 2. The lowest BCUT2D eigenvalue weighted by molar-refractivity contribution is 0.0697. The standard InChI is InChI=1S/C13H12N2O4S/c1-9-6-7-14-8-12(9)15(20(18)19)11-4-2-10(3-5-11)13(16)17/h2-8H,1H3,(H,16,17)(H,18,19)/p-1. The first kappa shape index (κ1) is 14.2. The van der Waals surface area contributed by atoms with E-state index in [0.29, 0.717) is 11.4 Å². The third-order valence-corrected chi connectivity index (χ3v) is 3.43. The Balaban J connectivity index is 2.47. The number of aryl methyl sites for hydroxylation is 1. The second kappa shape index (κ2) is 5.81. The van der Waals surface area contributed by atoms with Gasteiger partial charge in [-0.2, -0.15) is 0 Å². The fourth-order valence-electron chi connectivity index (χ4n) is 1.71. The lowest BCUT2D eigenvalue weighted by atomic mass is 10.2. The van der Waals surface area contributed by atoms with Gasteiger partial charge in [0.05, 0.1) is 34.4 Å². The number of hydrogen-bond acceptors (Lipinski definition) is 4. The molecule has 0 bridgehead atoms. The number of aromatic carboxylic acids is 1. The number of carboxylic acid groups (broad SMARTS) is 1. The molecule has 7 heteroatoms. The van der Waals surface area contributed by atoms with Crippen molar-refractivity contribution in [2.45, 2.75) is 6.92 Å². The Bertz CT molecular complexity index is 658. The van der Waals surface area contributed by atoms with Crippen molar-refractivity contribution in [3.8, 4) is 0 Å². The first-order valence-corrected chi connectivity index (χ1v) is 6.67. The molecule has 1 atom stereocenters. The van der Waals surface area contributed by atoms with Gasteiger partial charge in [-0.15, -0.1) is 0 Å². The summed E-state index contributed by atoms with van der Waals surface area (Å²) in [5.74, 6) is -1.07. The molecule has 0 aliphatic heterocycles. The van der Waals surface area contributed by atoms with Crippen molar-refractivity contribution in [1.29, 1.82) is 0 Å². The van der Waals surface area contributed by atoms with Crippen LogP contribution in [0.3, 0.4) is 0 Å². The zero-order valence-electron chi connectivity index (χ0n) is 10.5. The van der Waals surface area contributed by atoms with E-state index in [1.807, 2.05) is 0 Å². The summed E-state index contributed by atoms with van der Waals surface area (Å²) in [7, 11) is 0. The number of carbonyl (C=O) groups is 1. The van der Waals surface area contributed by atoms with Gasteiger partial charge in [0.15, 0.2) is 0 Å². The molecule has 0 radical (unpaired) electrons. The van der Waals surface area contributed by atoms with Gasteiger partial charge in [0, 0.05) is 6.20 Å². The van der Waals surface area contributed by atoms with Gasteiger partial charge in [-0.05, 0) is 42.8 Å². The van der Waals surface area contributed by atoms with E-state index >= 15 is 0 Å². The van der Waals surface area contributed by atoms with Gasteiger partial charge in [-0.3, -0.25) is 13.5 Å². The van der Waals surface area contributed by atoms with E-state index in [2.05, 4.69) is 4.98 Å². The van der Waals surface area contributed by atoms with Gasteiger partial charge in [0.2, 0.25) is 0 Å². The molecule has 6 nitrogen and oxygen atoms in total. The van der Waals surface area contributed by atoms with Crippen LogP contribution in [0.5, 0.6) is 0 Å². The van der Waals surface area contributed by atoms with Gasteiger partial charge in [0.25, 0.3) is 0 Å². The highest BCUT2D eigenvalue weighted by atomic mass is 32.2. The smallest absolute Gasteiger partial charge is 0.335 e. The molecule has 0 saturated carbocycles. The number of rotatable bonds is 4. The van der Waals surface area contributed by atoms with E-state index in [4.69, 9.17) is 5.11 Å². The molecule has 1 unspecified atom stereocenters. The Morgan fingerprint density at radius 3 is 2.45 bits per heavy atom. The molecule has 1 N–H and O–H groups in total. The molecule has 0 amide bonds. The lowest BCUT2D eigenvalue weighted by Crippen LogP contribution is -2.20. The number of carboxylic acids is 1. The first-order valence-electron chi connectivity index (χ1n) is 5.64. The fraction of sp³-hybridized carbons (Fsp3) is 0.0769. The van der Waals surface area contributed by atoms with Crippen LogP contribution in [0.15, 0.2) is 42.7 Å². The van der Waals surface area contributed by atoms with Crippen molar-refractivity contribution in [2.24, 2.45) is 0 Å². The molecular weight excluding hydrogens is 280 g/mol. The highest BCUT2D eigenvalue weighted by Gasteiger charge is 2.13. The number of hydrogen-bond donors (Lipinski definition) is 1. The number of pyridine rings is 1. The molecule has 2 rings (SSSR count). The molecule has 0 aliphatic carbocycles. The zero-order chi connectivity index (χ0) is 14.7. The van der Waals surface area contributed by atoms with Crippen LogP contribution in [0.1, 0.15) is 15.9 Å². The van der Waals surface area contributed by atoms with Crippen molar-refractivity contribution in [1.82, 2.24) is 4.98 Å². The maximum Gasteiger partial charge on any atom is 0.335 e. The van der Waals surface area contributed by atoms with E-state index in [1.54, 1.807) is 19.2 Å². The van der Waals surface area contributed by atoms with Crippen molar-refractivity contribution >= 4 is 28.6 Å². The molecule has 2 aromatic rings. The molecule has 1 aromatic carbocycles. The largest absolute Gasteiger partial charge is 0.755 e. The van der Waals surface area contributed by atoms with E-state index < -0.39 is 17.2 Å². The van der Waals surface area contributed by atoms with Crippen LogP contribution in [0.2, 0.25) is 0 Å². The van der Waals surface area contributed by atoms with E-state index in [-0.39, 0.29) is 5.56 Å². The number of benzene rings is 1. The van der Waals surface area contributed by atoms with E-state index in [1.165, 1.54) is 30.5 Å². The quantitative estimate of drug-likeness (QED) is 0.870. The van der Waals surface area contributed by atoms with Crippen LogP contribution in [0, 0.1) is 6.92 Å². The predicted molar refractivity (Wildman–Crippen MR) is 73.4 cm³/mol. The van der Waals surface area contributed by atoms with Crippen molar-refractivity contribution in [2.75, 3.05) is 4.31 Å². The van der Waals surface area contributed by atoms with Gasteiger partial charge < -0.3 is 9.66 Å². The van der Waals surface area contributed by atoms with Crippen LogP contribution in [0.25, 0.3) is 0 Å². The summed E-state index contributed by atoms with van der Waals surface area (Å²) in [6.45, 7) is 1.77. The predicted octanol–water partition coefficient (Wildman–Crippen LogP) is 2.02. The maximum absolute atomic E-state index is 11.5. The second-order valence-electron chi connectivity index (χ2n) is 4.03. The average molecular weight is 291 g/mol. The Labute approximate surface area is 118 Å². The minimum absolute atomic E-state index is 0.0910. The first-order chi connectivity index (χ1) is 9.50. The minimum atomic E-state index is -2.54. The zero-order valence-corrected chi connectivity index (χ0v) is 11.3. The average Bonchev–Trinajstić information content (AvgIpc) is 2.41. The van der Waals surface area contributed by atoms with Gasteiger partial charge in [-0.25, -0.2) is 4.79 Å². The maximum atomic E-state index is 11.5. The van der Waals surface area contributed by atoms with Crippen LogP contribution in [0.4, 0.5) is 11.4 Å². The molecule has 1 aromatic heterocycles. The van der Waals surface area contributed by atoms with Crippen molar-refractivity contribution < 1.29 is 18.7 Å². The second-order valence-corrected chi connectivity index (χ2v) is 4.83. The molecule has 0 spiro atoms. The molecule has 0 saturated heterocycles. The van der Waals surface area contributed by atoms with Crippen LogP contribution < -0.4 is 4.31 Å². The van der Waals surface area contributed by atoms with Crippen molar-refractivity contribution in [3.05, 3.63) is 53.9 Å². The molecule has 104 valence electrons. The summed E-state index contributed by atoms with van der Waals surface area (Å²) >= 11 is -2.54. The third kappa shape index (κ3) is 2.84. The minimum Gasteiger partial charge on any atom is -0.755 e. The SMILES string of the molecule is Cc1ccncc1N(c1ccc(C(=O)O)cc1)S(=O)[O-]. The van der Waals surface area contributed by atoms with Crippen LogP contribution in [-0.2, 0) is 11.3 Å². The molecule has 1 heterocycles. The Kier molecular flexibility index (Phi) is 4.11. The molecular formula is C13H11N2O4S-. The molecule has 0 aliphatic rings. The summed E-state index contributed by atoms with van der Waals surface area (Å²) in [6, 6.07) is 7.27. The number of nitrogens with zero attached hydrogens (tertiary/aromatic N) is 2. The van der Waals surface area contributed by atoms with Gasteiger partial charge in [0.1, 0.15) is 0 Å². The summed E-state index contributed by atoms with van der Waals surface area (Å²) in [4.78, 5) is 14.7. The van der Waals surface area contributed by atoms with E-state index in [9.17, 15) is 13.6 Å². The highest BCUT2D eigenvalue weighted by molar-refractivity contribution is 7.81. The van der Waals surface area contributed by atoms with Gasteiger partial charge in [-0.1, -0.05) is 0 Å². The highest BCUT2D eigenvalue weighted by Crippen LogP contribution is 2.28. The normalized spacial score (nSPS) is 11.9. The summed E-state index contributed by atoms with van der Waals surface area (Å²) in [6.07, 6.45) is 3.01. The summed E-state index contributed by atoms with van der Waals surface area (Å²) < 4.78 is 24.0. The van der Waals surface area contributed by atoms with Crippen molar-refractivity contribution in [3.63, 3.8) is 0 Å². The van der Waals surface area contributed by atoms with Crippen LogP contribution >= 0.6 is 0 Å². The summed E-state index contributed by atoms with van der Waals surface area (Å²) in [5, 5.41) is 8.84. The summed E-state index contributed by atoms with van der Waals surface area (Å²) in [5.41, 5.74) is 1.60. The van der Waals surface area contributed by atoms with E-state index in [0.717, 1.165) is 9.87 Å².